The third kappa shape index (κ3) is 2.90. The molecule has 0 amide bonds. The SMILES string of the molecule is CCN1CC[C@@H]2C(C)(C)CC(C(F)(F)F)=C[C@@]2(c2ccccc2)C1. The fourth-order valence-corrected chi connectivity index (χ4v) is 4.91. The molecule has 1 saturated heterocycles. The number of likely N-dealkylation sites (tertiary alicyclic amines) is 1. The van der Waals surface area contributed by atoms with Crippen molar-refractivity contribution in [1.29, 1.82) is 0 Å². The smallest absolute Gasteiger partial charge is 0.302 e. The molecule has 1 fully saturated rings. The molecule has 0 unspecified atom stereocenters. The molecule has 1 aliphatic carbocycles. The van der Waals surface area contributed by atoms with E-state index in [0.717, 1.165) is 25.1 Å². The zero-order valence-electron chi connectivity index (χ0n) is 14.7. The number of piperidine rings is 1. The van der Waals surface area contributed by atoms with Crippen molar-refractivity contribution in [2.45, 2.75) is 45.2 Å². The molecule has 1 nitrogen and oxygen atoms in total. The molecular formula is C20H26F3N. The lowest BCUT2D eigenvalue weighted by Crippen LogP contribution is -2.57. The molecule has 0 saturated carbocycles. The van der Waals surface area contributed by atoms with Gasteiger partial charge in [0, 0.05) is 17.5 Å². The summed E-state index contributed by atoms with van der Waals surface area (Å²) in [5.41, 5.74) is -0.259. The van der Waals surface area contributed by atoms with E-state index in [4.69, 9.17) is 0 Å². The summed E-state index contributed by atoms with van der Waals surface area (Å²) < 4.78 is 40.9. The van der Waals surface area contributed by atoms with Crippen LogP contribution in [0.15, 0.2) is 42.0 Å². The highest BCUT2D eigenvalue weighted by Crippen LogP contribution is 2.56. The van der Waals surface area contributed by atoms with Crippen molar-refractivity contribution in [3.05, 3.63) is 47.5 Å². The zero-order chi connectivity index (χ0) is 17.6. The summed E-state index contributed by atoms with van der Waals surface area (Å²) in [5, 5.41) is 0. The number of nitrogens with zero attached hydrogens (tertiary/aromatic N) is 1. The number of hydrogen-bond donors (Lipinski definition) is 0. The van der Waals surface area contributed by atoms with Gasteiger partial charge in [-0.15, -0.1) is 0 Å². The zero-order valence-corrected chi connectivity index (χ0v) is 14.7. The van der Waals surface area contributed by atoms with Gasteiger partial charge in [-0.1, -0.05) is 57.2 Å². The van der Waals surface area contributed by atoms with Gasteiger partial charge >= 0.3 is 6.18 Å². The third-order valence-corrected chi connectivity index (χ3v) is 5.98. The molecule has 132 valence electrons. The van der Waals surface area contributed by atoms with Crippen LogP contribution in [-0.4, -0.2) is 30.7 Å². The van der Waals surface area contributed by atoms with Crippen molar-refractivity contribution < 1.29 is 13.2 Å². The molecule has 3 rings (SSSR count). The van der Waals surface area contributed by atoms with Gasteiger partial charge < -0.3 is 4.90 Å². The van der Waals surface area contributed by atoms with Crippen molar-refractivity contribution >= 4 is 0 Å². The Morgan fingerprint density at radius 1 is 1.17 bits per heavy atom. The Morgan fingerprint density at radius 3 is 2.42 bits per heavy atom. The summed E-state index contributed by atoms with van der Waals surface area (Å²) in [6, 6.07) is 9.80. The van der Waals surface area contributed by atoms with E-state index in [1.807, 2.05) is 44.2 Å². The lowest BCUT2D eigenvalue weighted by Gasteiger charge is -2.56. The molecule has 0 bridgehead atoms. The Morgan fingerprint density at radius 2 is 1.83 bits per heavy atom. The molecule has 0 aromatic heterocycles. The molecule has 0 spiro atoms. The van der Waals surface area contributed by atoms with Gasteiger partial charge in [0.25, 0.3) is 0 Å². The largest absolute Gasteiger partial charge is 0.412 e. The molecule has 1 heterocycles. The first-order chi connectivity index (χ1) is 11.2. The first-order valence-corrected chi connectivity index (χ1v) is 8.76. The predicted octanol–water partition coefficient (Wildman–Crippen LogP) is 5.18. The highest BCUT2D eigenvalue weighted by atomic mass is 19.4. The van der Waals surface area contributed by atoms with Gasteiger partial charge in [-0.05, 0) is 42.8 Å². The first-order valence-electron chi connectivity index (χ1n) is 8.76. The first kappa shape index (κ1) is 17.5. The van der Waals surface area contributed by atoms with E-state index in [2.05, 4.69) is 11.8 Å². The number of alkyl halides is 3. The van der Waals surface area contributed by atoms with Crippen LogP contribution in [0, 0.1) is 11.3 Å². The van der Waals surface area contributed by atoms with Crippen LogP contribution in [0.2, 0.25) is 0 Å². The molecule has 0 radical (unpaired) electrons. The molecule has 2 aliphatic rings. The van der Waals surface area contributed by atoms with Crippen molar-refractivity contribution in [3.8, 4) is 0 Å². The van der Waals surface area contributed by atoms with Crippen LogP contribution in [-0.2, 0) is 5.41 Å². The van der Waals surface area contributed by atoms with Gasteiger partial charge in [0.1, 0.15) is 0 Å². The van der Waals surface area contributed by atoms with Crippen LogP contribution in [0.5, 0.6) is 0 Å². The number of benzene rings is 1. The van der Waals surface area contributed by atoms with E-state index < -0.39 is 11.6 Å². The second-order valence-electron chi connectivity index (χ2n) is 7.95. The van der Waals surface area contributed by atoms with Crippen LogP contribution in [0.4, 0.5) is 13.2 Å². The fraction of sp³-hybridized carbons (Fsp3) is 0.600. The molecule has 1 aliphatic heterocycles. The normalized spacial score (nSPS) is 30.6. The summed E-state index contributed by atoms with van der Waals surface area (Å²) >= 11 is 0. The Kier molecular flexibility index (Phi) is 4.31. The summed E-state index contributed by atoms with van der Waals surface area (Å²) in [6.07, 6.45) is -1.63. The Bertz CT molecular complexity index is 618. The highest BCUT2D eigenvalue weighted by molar-refractivity contribution is 5.40. The summed E-state index contributed by atoms with van der Waals surface area (Å²) in [4.78, 5) is 2.29. The minimum absolute atomic E-state index is 0.113. The van der Waals surface area contributed by atoms with Crippen molar-refractivity contribution in [2.75, 3.05) is 19.6 Å². The van der Waals surface area contributed by atoms with E-state index in [9.17, 15) is 13.2 Å². The quantitative estimate of drug-likeness (QED) is 0.672. The van der Waals surface area contributed by atoms with E-state index in [-0.39, 0.29) is 23.3 Å². The third-order valence-electron chi connectivity index (χ3n) is 5.98. The van der Waals surface area contributed by atoms with Crippen LogP contribution in [0.25, 0.3) is 0 Å². The summed E-state index contributed by atoms with van der Waals surface area (Å²) in [7, 11) is 0. The van der Waals surface area contributed by atoms with Gasteiger partial charge in [0.2, 0.25) is 0 Å². The van der Waals surface area contributed by atoms with E-state index in [0.29, 0.717) is 6.54 Å². The lowest BCUT2D eigenvalue weighted by atomic mass is 9.52. The monoisotopic (exact) mass is 337 g/mol. The minimum atomic E-state index is -4.25. The van der Waals surface area contributed by atoms with Crippen molar-refractivity contribution in [2.24, 2.45) is 11.3 Å². The van der Waals surface area contributed by atoms with Crippen molar-refractivity contribution in [1.82, 2.24) is 4.90 Å². The Labute approximate surface area is 142 Å². The van der Waals surface area contributed by atoms with Crippen LogP contribution < -0.4 is 0 Å². The molecule has 0 N–H and O–H groups in total. The van der Waals surface area contributed by atoms with E-state index >= 15 is 0 Å². The molecule has 1 aromatic rings. The molecular weight excluding hydrogens is 311 g/mol. The fourth-order valence-electron chi connectivity index (χ4n) is 4.91. The van der Waals surface area contributed by atoms with Crippen LogP contribution >= 0.6 is 0 Å². The molecule has 1 aromatic carbocycles. The lowest BCUT2D eigenvalue weighted by molar-refractivity contribution is -0.106. The number of hydrogen-bond acceptors (Lipinski definition) is 1. The second kappa shape index (κ2) is 5.91. The minimum Gasteiger partial charge on any atom is -0.302 e. The maximum Gasteiger partial charge on any atom is 0.412 e. The molecule has 4 heteroatoms. The maximum atomic E-state index is 13.6. The standard InChI is InChI=1S/C20H26F3N/c1-4-24-11-10-17-18(2,3)12-16(20(21,22)23)13-19(17,14-24)15-8-6-5-7-9-15/h5-9,13,17H,4,10-12,14H2,1-3H3/t17-,19+/m1/s1. The van der Waals surface area contributed by atoms with Gasteiger partial charge in [0.05, 0.1) is 0 Å². The number of allylic oxidation sites excluding steroid dienone is 1. The van der Waals surface area contributed by atoms with E-state index in [1.165, 1.54) is 0 Å². The van der Waals surface area contributed by atoms with Gasteiger partial charge in [-0.3, -0.25) is 0 Å². The molecule has 2 atom stereocenters. The van der Waals surface area contributed by atoms with E-state index in [1.54, 1.807) is 6.08 Å². The van der Waals surface area contributed by atoms with Gasteiger partial charge in [-0.2, -0.15) is 13.2 Å². The Hall–Kier alpha value is -1.29. The van der Waals surface area contributed by atoms with Crippen LogP contribution in [0.1, 0.15) is 39.2 Å². The average Bonchev–Trinajstić information content (AvgIpc) is 2.53. The van der Waals surface area contributed by atoms with Gasteiger partial charge in [0.15, 0.2) is 0 Å². The van der Waals surface area contributed by atoms with Crippen molar-refractivity contribution in [3.63, 3.8) is 0 Å². The number of fused-ring (bicyclic) bond motifs is 1. The maximum absolute atomic E-state index is 13.6. The summed E-state index contributed by atoms with van der Waals surface area (Å²) in [5.74, 6) is 0.223. The average molecular weight is 337 g/mol. The topological polar surface area (TPSA) is 3.24 Å². The second-order valence-corrected chi connectivity index (χ2v) is 7.95. The number of likely N-dealkylation sites (N-methyl/N-ethyl adjacent to an activating group) is 1. The predicted molar refractivity (Wildman–Crippen MR) is 90.9 cm³/mol. The number of rotatable bonds is 2. The van der Waals surface area contributed by atoms with Crippen LogP contribution in [0.3, 0.4) is 0 Å². The number of halogens is 3. The summed E-state index contributed by atoms with van der Waals surface area (Å²) in [6.45, 7) is 8.61. The Balaban J connectivity index is 2.20. The van der Waals surface area contributed by atoms with Gasteiger partial charge in [-0.25, -0.2) is 0 Å². The highest BCUT2D eigenvalue weighted by Gasteiger charge is 2.55. The molecule has 24 heavy (non-hydrogen) atoms.